The van der Waals surface area contributed by atoms with Crippen LogP contribution in [0.3, 0.4) is 0 Å². The molecule has 1 aliphatic heterocycles. The molecule has 0 radical (unpaired) electrons. The quantitative estimate of drug-likeness (QED) is 0.640. The van der Waals surface area contributed by atoms with Crippen molar-refractivity contribution in [3.05, 3.63) is 47.2 Å². The van der Waals surface area contributed by atoms with Crippen molar-refractivity contribution in [1.29, 1.82) is 5.26 Å². The van der Waals surface area contributed by atoms with Crippen LogP contribution in [0.2, 0.25) is 0 Å². The molecule has 0 amide bonds. The van der Waals surface area contributed by atoms with Crippen molar-refractivity contribution in [2.75, 3.05) is 6.54 Å². The predicted molar refractivity (Wildman–Crippen MR) is 103 cm³/mol. The Balaban J connectivity index is 1.57. The number of nitrogens with zero attached hydrogens (tertiary/aromatic N) is 3. The molecule has 3 rings (SSSR count). The molecule has 0 unspecified atom stereocenters. The van der Waals surface area contributed by atoms with Crippen molar-refractivity contribution < 1.29 is 0 Å². The van der Waals surface area contributed by atoms with E-state index in [4.69, 9.17) is 17.0 Å². The van der Waals surface area contributed by atoms with Gasteiger partial charge in [-0.1, -0.05) is 39.0 Å². The Morgan fingerprint density at radius 2 is 1.84 bits per heavy atom. The first-order valence-corrected chi connectivity index (χ1v) is 9.73. The van der Waals surface area contributed by atoms with Gasteiger partial charge in [-0.3, -0.25) is 4.42 Å². The fraction of sp³-hybridized carbons (Fsp3) is 0.524. The molecule has 1 heterocycles. The Morgan fingerprint density at radius 3 is 2.44 bits per heavy atom. The van der Waals surface area contributed by atoms with E-state index < -0.39 is 0 Å². The van der Waals surface area contributed by atoms with E-state index in [-0.39, 0.29) is 0 Å². The molecule has 1 aromatic carbocycles. The van der Waals surface area contributed by atoms with Crippen LogP contribution in [-0.2, 0) is 0 Å². The highest BCUT2D eigenvalue weighted by atomic mass is 35.5. The van der Waals surface area contributed by atoms with Crippen molar-refractivity contribution in [1.82, 2.24) is 4.42 Å². The van der Waals surface area contributed by atoms with Gasteiger partial charge in [0.25, 0.3) is 0 Å². The molecule has 2 aliphatic rings. The molecule has 1 aliphatic carbocycles. The fourth-order valence-electron chi connectivity index (χ4n) is 3.88. The maximum absolute atomic E-state index is 8.89. The molecule has 1 saturated carbocycles. The maximum atomic E-state index is 8.89. The largest absolute Gasteiger partial charge is 0.264 e. The second-order valence-electron chi connectivity index (χ2n) is 7.28. The van der Waals surface area contributed by atoms with Crippen LogP contribution in [0.15, 0.2) is 41.0 Å². The van der Waals surface area contributed by atoms with Crippen molar-refractivity contribution >= 4 is 17.6 Å². The molecule has 0 N–H and O–H groups in total. The van der Waals surface area contributed by atoms with E-state index in [1.165, 1.54) is 44.1 Å². The number of benzene rings is 1. The number of aliphatic imine (C=N–C) groups is 1. The third kappa shape index (κ3) is 4.64. The zero-order valence-corrected chi connectivity index (χ0v) is 15.7. The van der Waals surface area contributed by atoms with Crippen LogP contribution in [0.25, 0.3) is 0 Å². The average molecular weight is 356 g/mol. The molecule has 0 bridgehead atoms. The van der Waals surface area contributed by atoms with E-state index in [0.29, 0.717) is 5.56 Å². The van der Waals surface area contributed by atoms with Gasteiger partial charge in [0.15, 0.2) is 5.84 Å². The second-order valence-corrected chi connectivity index (χ2v) is 7.69. The number of nitriles is 1. The molecule has 0 saturated heterocycles. The summed E-state index contributed by atoms with van der Waals surface area (Å²) in [6.45, 7) is 3.04. The average Bonchev–Trinajstić information content (AvgIpc) is 2.67. The Labute approximate surface area is 156 Å². The van der Waals surface area contributed by atoms with Crippen LogP contribution in [0.5, 0.6) is 0 Å². The third-order valence-corrected chi connectivity index (χ3v) is 5.91. The number of amidine groups is 1. The van der Waals surface area contributed by atoms with E-state index >= 15 is 0 Å². The fourth-order valence-corrected chi connectivity index (χ4v) is 4.17. The normalized spacial score (nSPS) is 23.6. The molecule has 1 fully saturated rings. The topological polar surface area (TPSA) is 39.4 Å². The summed E-state index contributed by atoms with van der Waals surface area (Å²) in [6.07, 6.45) is 11.3. The van der Waals surface area contributed by atoms with Crippen LogP contribution in [0.4, 0.5) is 0 Å². The third-order valence-electron chi connectivity index (χ3n) is 5.63. The monoisotopic (exact) mass is 355 g/mol. The molecular formula is C21H26ClN3. The van der Waals surface area contributed by atoms with Gasteiger partial charge in [-0.05, 0) is 54.5 Å². The first kappa shape index (κ1) is 18.0. The van der Waals surface area contributed by atoms with Crippen LogP contribution in [0.1, 0.15) is 63.0 Å². The summed E-state index contributed by atoms with van der Waals surface area (Å²) in [7, 11) is 0. The number of rotatable bonds is 5. The van der Waals surface area contributed by atoms with Crippen LogP contribution in [-0.4, -0.2) is 16.8 Å². The van der Waals surface area contributed by atoms with Gasteiger partial charge in [-0.2, -0.15) is 5.26 Å². The van der Waals surface area contributed by atoms with E-state index in [9.17, 15) is 0 Å². The smallest absolute Gasteiger partial charge is 0.150 e. The molecule has 25 heavy (non-hydrogen) atoms. The highest BCUT2D eigenvalue weighted by molar-refractivity contribution is 6.25. The van der Waals surface area contributed by atoms with E-state index in [1.54, 1.807) is 16.6 Å². The Morgan fingerprint density at radius 1 is 1.16 bits per heavy atom. The zero-order chi connectivity index (χ0) is 17.6. The van der Waals surface area contributed by atoms with Gasteiger partial charge in [0.2, 0.25) is 0 Å². The maximum Gasteiger partial charge on any atom is 0.150 e. The second kappa shape index (κ2) is 8.54. The van der Waals surface area contributed by atoms with Gasteiger partial charge in [0.05, 0.1) is 18.2 Å². The van der Waals surface area contributed by atoms with Gasteiger partial charge < -0.3 is 0 Å². The molecule has 0 spiro atoms. The molecule has 0 atom stereocenters. The van der Waals surface area contributed by atoms with Crippen LogP contribution < -0.4 is 0 Å². The summed E-state index contributed by atoms with van der Waals surface area (Å²) in [5.41, 5.74) is 2.91. The Kier molecular flexibility index (Phi) is 6.15. The predicted octanol–water partition coefficient (Wildman–Crippen LogP) is 5.65. The molecule has 0 aromatic heterocycles. The summed E-state index contributed by atoms with van der Waals surface area (Å²) in [6, 6.07) is 9.53. The Hall–Kier alpha value is -1.79. The highest BCUT2D eigenvalue weighted by Gasteiger charge is 2.22. The SMILES string of the molecule is CCC1CCC(CCC2=CN=C(c3ccc(C#N)cc3)N(Cl)C2)CC1. The molecule has 1 aromatic rings. The first-order chi connectivity index (χ1) is 12.2. The van der Waals surface area contributed by atoms with Crippen molar-refractivity contribution in [3.63, 3.8) is 0 Å². The lowest BCUT2D eigenvalue weighted by molar-refractivity contribution is 0.258. The van der Waals surface area contributed by atoms with Gasteiger partial charge >= 0.3 is 0 Å². The van der Waals surface area contributed by atoms with Crippen LogP contribution in [0, 0.1) is 23.2 Å². The first-order valence-electron chi connectivity index (χ1n) is 9.39. The Bertz CT molecular complexity index is 676. The lowest BCUT2D eigenvalue weighted by Gasteiger charge is -2.29. The molecule has 4 heteroatoms. The number of hydrogen-bond donors (Lipinski definition) is 0. The number of hydrogen-bond acceptors (Lipinski definition) is 3. The molecule has 3 nitrogen and oxygen atoms in total. The van der Waals surface area contributed by atoms with Gasteiger partial charge in [-0.25, -0.2) is 4.99 Å². The number of halogens is 1. The van der Waals surface area contributed by atoms with Gasteiger partial charge in [0, 0.05) is 23.5 Å². The van der Waals surface area contributed by atoms with Crippen molar-refractivity contribution in [2.45, 2.75) is 51.9 Å². The summed E-state index contributed by atoms with van der Waals surface area (Å²) in [4.78, 5) is 4.57. The van der Waals surface area contributed by atoms with Gasteiger partial charge in [-0.15, -0.1) is 0 Å². The van der Waals surface area contributed by atoms with Crippen molar-refractivity contribution in [3.8, 4) is 6.07 Å². The summed E-state index contributed by atoms with van der Waals surface area (Å²) >= 11 is 6.44. The summed E-state index contributed by atoms with van der Waals surface area (Å²) in [5.74, 6) is 2.60. The van der Waals surface area contributed by atoms with E-state index in [1.807, 2.05) is 18.3 Å². The molecular weight excluding hydrogens is 330 g/mol. The lowest BCUT2D eigenvalue weighted by Crippen LogP contribution is -2.27. The van der Waals surface area contributed by atoms with Crippen LogP contribution >= 0.6 is 11.8 Å². The zero-order valence-electron chi connectivity index (χ0n) is 14.9. The molecule has 132 valence electrons. The minimum Gasteiger partial charge on any atom is -0.264 e. The highest BCUT2D eigenvalue weighted by Crippen LogP contribution is 2.34. The van der Waals surface area contributed by atoms with E-state index in [0.717, 1.165) is 36.2 Å². The summed E-state index contributed by atoms with van der Waals surface area (Å²) < 4.78 is 1.70. The van der Waals surface area contributed by atoms with E-state index in [2.05, 4.69) is 18.0 Å². The lowest BCUT2D eigenvalue weighted by atomic mass is 9.78. The summed E-state index contributed by atoms with van der Waals surface area (Å²) in [5, 5.41) is 8.89. The standard InChI is InChI=1S/C21H26ClN3/c1-2-16-3-5-17(6-4-16)7-8-19-14-24-21(25(22)15-19)20-11-9-18(13-23)10-12-20/h9-12,14,16-17H,2-8,15H2,1H3. The minimum absolute atomic E-state index is 0.648. The minimum atomic E-state index is 0.648. The van der Waals surface area contributed by atoms with Crippen molar-refractivity contribution in [2.24, 2.45) is 16.8 Å². The van der Waals surface area contributed by atoms with Gasteiger partial charge in [0.1, 0.15) is 0 Å².